The molecule has 0 aromatic heterocycles. The van der Waals surface area contributed by atoms with Crippen molar-refractivity contribution in [1.82, 2.24) is 0 Å². The highest BCUT2D eigenvalue weighted by atomic mass is 28.3. The van der Waals surface area contributed by atoms with Gasteiger partial charge in [0.25, 0.3) is 0 Å². The maximum atomic E-state index is 11.6. The van der Waals surface area contributed by atoms with Crippen molar-refractivity contribution < 1.29 is 9.59 Å². The quantitative estimate of drug-likeness (QED) is 0.509. The van der Waals surface area contributed by atoms with Gasteiger partial charge in [0.05, 0.1) is 0 Å². The summed E-state index contributed by atoms with van der Waals surface area (Å²) in [5.74, 6) is 0. The summed E-state index contributed by atoms with van der Waals surface area (Å²) in [5.41, 5.74) is 0.928. The van der Waals surface area contributed by atoms with E-state index in [0.717, 1.165) is 0 Å². The second-order valence-corrected chi connectivity index (χ2v) is 8.00. The Labute approximate surface area is 80.3 Å². The van der Waals surface area contributed by atoms with E-state index < -0.39 is 8.07 Å². The SMILES string of the molecule is C=C(C)C(=O)[Si](C)(C)C(=O)C(=C)C. The van der Waals surface area contributed by atoms with E-state index in [1.807, 2.05) is 0 Å². The third kappa shape index (κ3) is 2.49. The van der Waals surface area contributed by atoms with Crippen LogP contribution in [0.3, 0.4) is 0 Å². The normalized spacial score (nSPS) is 10.8. The van der Waals surface area contributed by atoms with Gasteiger partial charge in [0, 0.05) is 0 Å². The van der Waals surface area contributed by atoms with E-state index in [-0.39, 0.29) is 10.8 Å². The summed E-state index contributed by atoms with van der Waals surface area (Å²) in [4.78, 5) is 23.2. The summed E-state index contributed by atoms with van der Waals surface area (Å²) in [6.45, 7) is 13.9. The van der Waals surface area contributed by atoms with Crippen LogP contribution in [0.25, 0.3) is 0 Å². The van der Waals surface area contributed by atoms with E-state index in [1.54, 1.807) is 26.9 Å². The van der Waals surface area contributed by atoms with Gasteiger partial charge in [-0.15, -0.1) is 0 Å². The van der Waals surface area contributed by atoms with Crippen LogP contribution in [-0.2, 0) is 9.59 Å². The lowest BCUT2D eigenvalue weighted by atomic mass is 10.4. The maximum Gasteiger partial charge on any atom is 0.213 e. The van der Waals surface area contributed by atoms with Crippen LogP contribution in [0.15, 0.2) is 24.3 Å². The first kappa shape index (κ1) is 12.0. The van der Waals surface area contributed by atoms with Crippen molar-refractivity contribution >= 4 is 18.9 Å². The smallest absolute Gasteiger partial charge is 0.213 e. The van der Waals surface area contributed by atoms with E-state index in [1.165, 1.54) is 0 Å². The molecule has 0 N–H and O–H groups in total. The van der Waals surface area contributed by atoms with Crippen LogP contribution in [0.2, 0.25) is 13.1 Å². The molecular weight excluding hydrogens is 180 g/mol. The van der Waals surface area contributed by atoms with Crippen molar-refractivity contribution in [2.45, 2.75) is 26.9 Å². The number of hydrogen-bond acceptors (Lipinski definition) is 2. The monoisotopic (exact) mass is 196 g/mol. The van der Waals surface area contributed by atoms with Gasteiger partial charge in [-0.05, 0) is 25.0 Å². The highest BCUT2D eigenvalue weighted by Crippen LogP contribution is 2.14. The minimum Gasteiger partial charge on any atom is -0.300 e. The van der Waals surface area contributed by atoms with Crippen LogP contribution in [0, 0.1) is 0 Å². The van der Waals surface area contributed by atoms with Crippen molar-refractivity contribution in [3.05, 3.63) is 24.3 Å². The lowest BCUT2D eigenvalue weighted by molar-refractivity contribution is -0.113. The maximum absolute atomic E-state index is 11.6. The molecule has 0 bridgehead atoms. The van der Waals surface area contributed by atoms with Gasteiger partial charge in [-0.1, -0.05) is 26.3 Å². The molecule has 0 aliphatic carbocycles. The molecule has 0 atom stereocenters. The highest BCUT2D eigenvalue weighted by Gasteiger charge is 2.38. The van der Waals surface area contributed by atoms with Gasteiger partial charge < -0.3 is 0 Å². The second-order valence-electron chi connectivity index (χ2n) is 3.84. The van der Waals surface area contributed by atoms with Crippen molar-refractivity contribution in [3.63, 3.8) is 0 Å². The third-order valence-electron chi connectivity index (χ3n) is 1.91. The second kappa shape index (κ2) is 3.83. The first-order valence-electron chi connectivity index (χ1n) is 4.12. The van der Waals surface area contributed by atoms with Crippen molar-refractivity contribution in [2.75, 3.05) is 0 Å². The van der Waals surface area contributed by atoms with Gasteiger partial charge in [-0.25, -0.2) is 0 Å². The fourth-order valence-corrected chi connectivity index (χ4v) is 3.51. The van der Waals surface area contributed by atoms with Crippen molar-refractivity contribution in [1.29, 1.82) is 0 Å². The highest BCUT2D eigenvalue weighted by molar-refractivity contribution is 7.26. The number of carbonyl (C=O) groups is 2. The Bertz CT molecular complexity index is 259. The molecule has 0 aliphatic heterocycles. The van der Waals surface area contributed by atoms with Gasteiger partial charge in [-0.2, -0.15) is 0 Å². The topological polar surface area (TPSA) is 34.1 Å². The number of hydrogen-bond donors (Lipinski definition) is 0. The standard InChI is InChI=1S/C10H16O2Si/c1-7(2)9(11)13(5,6)10(12)8(3)4/h1,3H2,2,4-6H3. The first-order valence-corrected chi connectivity index (χ1v) is 7.12. The number of carbonyl (C=O) groups excluding carboxylic acids is 2. The average molecular weight is 196 g/mol. The zero-order valence-corrected chi connectivity index (χ0v) is 9.73. The molecule has 0 fully saturated rings. The predicted molar refractivity (Wildman–Crippen MR) is 57.1 cm³/mol. The largest absolute Gasteiger partial charge is 0.300 e. The van der Waals surface area contributed by atoms with Gasteiger partial charge in [0.2, 0.25) is 8.07 Å². The van der Waals surface area contributed by atoms with Gasteiger partial charge in [0.15, 0.2) is 0 Å². The molecule has 0 heterocycles. The Hall–Kier alpha value is -0.963. The summed E-state index contributed by atoms with van der Waals surface area (Å²) >= 11 is 0. The fourth-order valence-electron chi connectivity index (χ4n) is 1.17. The molecule has 0 aromatic rings. The summed E-state index contributed by atoms with van der Waals surface area (Å²) in [6, 6.07) is 0. The molecule has 0 radical (unpaired) electrons. The van der Waals surface area contributed by atoms with Gasteiger partial charge >= 0.3 is 0 Å². The molecule has 2 nitrogen and oxygen atoms in total. The Kier molecular flexibility index (Phi) is 3.55. The van der Waals surface area contributed by atoms with E-state index in [0.29, 0.717) is 11.1 Å². The average Bonchev–Trinajstić information content (AvgIpc) is 2.01. The summed E-state index contributed by atoms with van der Waals surface area (Å²) in [5, 5.41) is -0.166. The van der Waals surface area contributed by atoms with Gasteiger partial charge in [-0.3, -0.25) is 9.59 Å². The molecule has 0 saturated heterocycles. The summed E-state index contributed by atoms with van der Waals surface area (Å²) in [7, 11) is -2.51. The van der Waals surface area contributed by atoms with Crippen molar-refractivity contribution in [2.24, 2.45) is 0 Å². The van der Waals surface area contributed by atoms with Crippen LogP contribution in [0.1, 0.15) is 13.8 Å². The molecule has 0 saturated carbocycles. The Morgan fingerprint density at radius 1 is 0.923 bits per heavy atom. The van der Waals surface area contributed by atoms with E-state index in [9.17, 15) is 9.59 Å². The molecule has 0 unspecified atom stereocenters. The van der Waals surface area contributed by atoms with E-state index >= 15 is 0 Å². The number of allylic oxidation sites excluding steroid dienone is 2. The summed E-state index contributed by atoms with van der Waals surface area (Å²) < 4.78 is 0. The fraction of sp³-hybridized carbons (Fsp3) is 0.400. The Morgan fingerprint density at radius 2 is 1.15 bits per heavy atom. The minimum atomic E-state index is -2.51. The molecular formula is C10H16O2Si. The molecule has 72 valence electrons. The molecule has 0 spiro atoms. The first-order chi connectivity index (χ1) is 5.71. The predicted octanol–water partition coefficient (Wildman–Crippen LogP) is 2.06. The minimum absolute atomic E-state index is 0.0829. The molecule has 13 heavy (non-hydrogen) atoms. The zero-order valence-electron chi connectivity index (χ0n) is 8.73. The van der Waals surface area contributed by atoms with Crippen LogP contribution in [0.5, 0.6) is 0 Å². The van der Waals surface area contributed by atoms with E-state index in [4.69, 9.17) is 0 Å². The Balaban J connectivity index is 4.97. The third-order valence-corrected chi connectivity index (χ3v) is 5.03. The van der Waals surface area contributed by atoms with Gasteiger partial charge in [0.1, 0.15) is 10.8 Å². The van der Waals surface area contributed by atoms with Crippen LogP contribution in [0.4, 0.5) is 0 Å². The van der Waals surface area contributed by atoms with E-state index in [2.05, 4.69) is 13.2 Å². The van der Waals surface area contributed by atoms with Crippen LogP contribution in [-0.4, -0.2) is 18.9 Å². The molecule has 0 rings (SSSR count). The number of rotatable bonds is 4. The molecule has 0 amide bonds. The van der Waals surface area contributed by atoms with Crippen LogP contribution >= 0.6 is 0 Å². The lowest BCUT2D eigenvalue weighted by Gasteiger charge is -2.18. The van der Waals surface area contributed by atoms with Crippen molar-refractivity contribution in [3.8, 4) is 0 Å². The zero-order chi connectivity index (χ0) is 10.8. The lowest BCUT2D eigenvalue weighted by Crippen LogP contribution is -2.47. The molecule has 3 heteroatoms. The molecule has 0 aliphatic rings. The molecule has 0 aromatic carbocycles. The summed E-state index contributed by atoms with van der Waals surface area (Å²) in [6.07, 6.45) is 0. The van der Waals surface area contributed by atoms with Crippen LogP contribution < -0.4 is 0 Å². The Morgan fingerprint density at radius 3 is 1.31 bits per heavy atom.